The van der Waals surface area contributed by atoms with Gasteiger partial charge in [-0.3, -0.25) is 0 Å². The van der Waals surface area contributed by atoms with E-state index in [1.54, 1.807) is 0 Å². The van der Waals surface area contributed by atoms with Crippen molar-refractivity contribution in [2.75, 3.05) is 19.8 Å². The van der Waals surface area contributed by atoms with Crippen LogP contribution in [0, 0.1) is 5.92 Å². The molecule has 1 saturated carbocycles. The Morgan fingerprint density at radius 3 is 1.86 bits per heavy atom. The highest BCUT2D eigenvalue weighted by atomic mass is 16.7. The maximum absolute atomic E-state index is 10.7. The fourth-order valence-corrected chi connectivity index (χ4v) is 4.95. The molecule has 0 amide bonds. The van der Waals surface area contributed by atoms with E-state index in [0.29, 0.717) is 6.61 Å². The molecule has 10 heteroatoms. The minimum atomic E-state index is -1.54. The lowest BCUT2D eigenvalue weighted by Gasteiger charge is -2.46. The fraction of sp³-hybridized carbons (Fsp3) is 1.00. The highest BCUT2D eigenvalue weighted by molar-refractivity contribution is 4.96. The zero-order valence-electron chi connectivity index (χ0n) is 21.0. The molecule has 2 aliphatic rings. The zero-order valence-corrected chi connectivity index (χ0v) is 21.0. The van der Waals surface area contributed by atoms with Crippen LogP contribution >= 0.6 is 0 Å². The average molecular weight is 509 g/mol. The molecule has 0 aromatic rings. The van der Waals surface area contributed by atoms with Gasteiger partial charge in [-0.05, 0) is 12.8 Å². The van der Waals surface area contributed by atoms with Crippen molar-refractivity contribution in [2.24, 2.45) is 5.92 Å². The molecule has 0 unspecified atom stereocenters. The van der Waals surface area contributed by atoms with Gasteiger partial charge >= 0.3 is 0 Å². The highest BCUT2D eigenvalue weighted by Gasteiger charge is 2.50. The molecular formula is C25H48O10. The molecule has 1 saturated heterocycles. The number of rotatable bonds is 16. The molecule has 35 heavy (non-hydrogen) atoms. The summed E-state index contributed by atoms with van der Waals surface area (Å²) in [6.45, 7) is 1.61. The van der Waals surface area contributed by atoms with Gasteiger partial charge in [0.05, 0.1) is 18.8 Å². The smallest absolute Gasteiger partial charge is 0.186 e. The van der Waals surface area contributed by atoms with Crippen LogP contribution in [0.2, 0.25) is 0 Å². The van der Waals surface area contributed by atoms with E-state index < -0.39 is 74.3 Å². The van der Waals surface area contributed by atoms with E-state index in [1.165, 1.54) is 44.9 Å². The second-order valence-corrected chi connectivity index (χ2v) is 10.0. The van der Waals surface area contributed by atoms with E-state index in [1.807, 2.05) is 0 Å². The lowest BCUT2D eigenvalue weighted by Crippen LogP contribution is -2.63. The Hall–Kier alpha value is -0.400. The minimum Gasteiger partial charge on any atom is -0.396 e. The molecule has 0 spiro atoms. The van der Waals surface area contributed by atoms with Crippen molar-refractivity contribution in [3.05, 3.63) is 0 Å². The van der Waals surface area contributed by atoms with Crippen molar-refractivity contribution in [1.82, 2.24) is 0 Å². The number of aliphatic hydroxyl groups excluding tert-OH is 7. The standard InChI is InChI=1S/C25H48O10/c1-2-3-4-5-6-7-8-9-10-11-12-33-25-23(32)22(31)24(18(15-27)35-25)34-17-13-16(14-26)19(28)21(30)20(17)29/h16-32H,2-15H2,1H3/t16-,17-,18-,19+,20+,21+,22-,23-,24-,25-/m1/s1. The summed E-state index contributed by atoms with van der Waals surface area (Å²) in [6, 6.07) is 0. The second kappa shape index (κ2) is 16.4. The van der Waals surface area contributed by atoms with Crippen molar-refractivity contribution in [1.29, 1.82) is 0 Å². The Labute approximate surface area is 208 Å². The van der Waals surface area contributed by atoms with Crippen molar-refractivity contribution in [3.8, 4) is 0 Å². The van der Waals surface area contributed by atoms with Gasteiger partial charge in [0.2, 0.25) is 0 Å². The zero-order chi connectivity index (χ0) is 25.8. The van der Waals surface area contributed by atoms with E-state index in [4.69, 9.17) is 14.2 Å². The summed E-state index contributed by atoms with van der Waals surface area (Å²) >= 11 is 0. The second-order valence-electron chi connectivity index (χ2n) is 10.0. The first-order valence-corrected chi connectivity index (χ1v) is 13.4. The molecule has 0 bridgehead atoms. The summed E-state index contributed by atoms with van der Waals surface area (Å²) in [7, 11) is 0. The Bertz CT molecular complexity index is 548. The molecular weight excluding hydrogens is 460 g/mol. The third-order valence-corrected chi connectivity index (χ3v) is 7.27. The summed E-state index contributed by atoms with van der Waals surface area (Å²) in [6.07, 6.45) is 0.180. The van der Waals surface area contributed by atoms with Gasteiger partial charge in [-0.2, -0.15) is 0 Å². The quantitative estimate of drug-likeness (QED) is 0.143. The Morgan fingerprint density at radius 1 is 0.686 bits per heavy atom. The SMILES string of the molecule is CCCCCCCCCCCCO[C@@H]1O[C@H](CO)[C@@H](O[C@@H]2C[C@H](CO)[C@H](O)[C@H](O)[C@H]2O)[C@H](O)[C@H]1O. The number of ether oxygens (including phenoxy) is 3. The first-order valence-electron chi connectivity index (χ1n) is 13.4. The van der Waals surface area contributed by atoms with Crippen LogP contribution < -0.4 is 0 Å². The molecule has 1 heterocycles. The fourth-order valence-electron chi connectivity index (χ4n) is 4.95. The Balaban J connectivity index is 1.74. The van der Waals surface area contributed by atoms with Gasteiger partial charge in [0.25, 0.3) is 0 Å². The van der Waals surface area contributed by atoms with Gasteiger partial charge in [0.1, 0.15) is 36.6 Å². The number of aliphatic hydroxyl groups is 7. The molecule has 0 aromatic heterocycles. The van der Waals surface area contributed by atoms with Crippen LogP contribution in [0.25, 0.3) is 0 Å². The minimum absolute atomic E-state index is 0.0199. The summed E-state index contributed by atoms with van der Waals surface area (Å²) in [5, 5.41) is 70.7. The molecule has 0 radical (unpaired) electrons. The largest absolute Gasteiger partial charge is 0.396 e. The third-order valence-electron chi connectivity index (χ3n) is 7.27. The van der Waals surface area contributed by atoms with Crippen LogP contribution in [0.4, 0.5) is 0 Å². The van der Waals surface area contributed by atoms with Gasteiger partial charge < -0.3 is 50.0 Å². The van der Waals surface area contributed by atoms with Gasteiger partial charge in [-0.15, -0.1) is 0 Å². The normalized spacial score (nSPS) is 38.1. The maximum atomic E-state index is 10.7. The molecule has 208 valence electrons. The predicted octanol–water partition coefficient (Wildman–Crippen LogP) is 0.212. The summed E-state index contributed by atoms with van der Waals surface area (Å²) < 4.78 is 17.0. The molecule has 0 aromatic carbocycles. The molecule has 2 fully saturated rings. The number of hydrogen-bond donors (Lipinski definition) is 7. The molecule has 2 rings (SSSR count). The molecule has 10 atom stereocenters. The maximum Gasteiger partial charge on any atom is 0.186 e. The first kappa shape index (κ1) is 30.8. The lowest BCUT2D eigenvalue weighted by molar-refractivity contribution is -0.320. The van der Waals surface area contributed by atoms with Crippen LogP contribution in [0.15, 0.2) is 0 Å². The summed E-state index contributed by atoms with van der Waals surface area (Å²) in [5.41, 5.74) is 0. The average Bonchev–Trinajstić information content (AvgIpc) is 2.86. The van der Waals surface area contributed by atoms with E-state index in [-0.39, 0.29) is 6.42 Å². The predicted molar refractivity (Wildman–Crippen MR) is 127 cm³/mol. The molecule has 10 nitrogen and oxygen atoms in total. The van der Waals surface area contributed by atoms with Crippen LogP contribution in [0.1, 0.15) is 77.6 Å². The van der Waals surface area contributed by atoms with E-state index >= 15 is 0 Å². The number of unbranched alkanes of at least 4 members (excludes halogenated alkanes) is 9. The van der Waals surface area contributed by atoms with Crippen molar-refractivity contribution in [2.45, 2.75) is 133 Å². The topological polar surface area (TPSA) is 169 Å². The van der Waals surface area contributed by atoms with Gasteiger partial charge in [-0.25, -0.2) is 0 Å². The molecule has 1 aliphatic heterocycles. The first-order chi connectivity index (χ1) is 16.8. The summed E-state index contributed by atoms with van der Waals surface area (Å²) in [5.74, 6) is -0.727. The third kappa shape index (κ3) is 9.14. The monoisotopic (exact) mass is 508 g/mol. The number of hydrogen-bond acceptors (Lipinski definition) is 10. The molecule has 1 aliphatic carbocycles. The van der Waals surface area contributed by atoms with Crippen molar-refractivity contribution >= 4 is 0 Å². The molecule has 7 N–H and O–H groups in total. The van der Waals surface area contributed by atoms with Crippen molar-refractivity contribution < 1.29 is 50.0 Å². The van der Waals surface area contributed by atoms with Crippen LogP contribution in [-0.4, -0.2) is 111 Å². The highest BCUT2D eigenvalue weighted by Crippen LogP contribution is 2.32. The van der Waals surface area contributed by atoms with Crippen LogP contribution in [-0.2, 0) is 14.2 Å². The van der Waals surface area contributed by atoms with Gasteiger partial charge in [0.15, 0.2) is 6.29 Å². The summed E-state index contributed by atoms with van der Waals surface area (Å²) in [4.78, 5) is 0. The van der Waals surface area contributed by atoms with Crippen LogP contribution in [0.5, 0.6) is 0 Å². The van der Waals surface area contributed by atoms with E-state index in [2.05, 4.69) is 6.92 Å². The lowest BCUT2D eigenvalue weighted by atomic mass is 9.81. The van der Waals surface area contributed by atoms with Crippen molar-refractivity contribution in [3.63, 3.8) is 0 Å². The Kier molecular flexibility index (Phi) is 14.5. The van der Waals surface area contributed by atoms with Crippen LogP contribution in [0.3, 0.4) is 0 Å². The Morgan fingerprint density at radius 2 is 1.29 bits per heavy atom. The van der Waals surface area contributed by atoms with E-state index in [0.717, 1.165) is 19.3 Å². The van der Waals surface area contributed by atoms with E-state index in [9.17, 15) is 35.7 Å². The van der Waals surface area contributed by atoms with Gasteiger partial charge in [-0.1, -0.05) is 64.7 Å². The van der Waals surface area contributed by atoms with Gasteiger partial charge in [0, 0.05) is 19.1 Å².